The molecule has 0 aliphatic carbocycles. The van der Waals surface area contributed by atoms with E-state index in [1.54, 1.807) is 0 Å². The molecule has 6 heteroatoms. The second-order valence-corrected chi connectivity index (χ2v) is 5.46. The molecular weight excluding hydrogens is 242 g/mol. The summed E-state index contributed by atoms with van der Waals surface area (Å²) in [6.45, 7) is 6.66. The molecule has 2 aliphatic heterocycles. The predicted octanol–water partition coefficient (Wildman–Crippen LogP) is 0.919. The lowest BCUT2D eigenvalue weighted by atomic mass is 9.92. The summed E-state index contributed by atoms with van der Waals surface area (Å²) in [7, 11) is 0. The number of anilines is 1. The van der Waals surface area contributed by atoms with Crippen LogP contribution in [0.3, 0.4) is 0 Å². The van der Waals surface area contributed by atoms with Gasteiger partial charge in [0.05, 0.1) is 0 Å². The van der Waals surface area contributed by atoms with E-state index >= 15 is 0 Å². The number of H-pyrrole nitrogens is 1. The minimum absolute atomic E-state index is 0.529. The van der Waals surface area contributed by atoms with Gasteiger partial charge in [0.1, 0.15) is 6.61 Å². The number of hydrogen-bond donors (Lipinski definition) is 2. The molecule has 1 aromatic rings. The molecule has 2 fully saturated rings. The van der Waals surface area contributed by atoms with Crippen LogP contribution >= 0.6 is 0 Å². The summed E-state index contributed by atoms with van der Waals surface area (Å²) in [5.74, 6) is 2.43. The monoisotopic (exact) mass is 265 g/mol. The van der Waals surface area contributed by atoms with Gasteiger partial charge in [-0.15, -0.1) is 5.10 Å². The molecule has 2 atom stereocenters. The molecule has 2 aliphatic rings. The van der Waals surface area contributed by atoms with Crippen LogP contribution < -0.4 is 10.2 Å². The second kappa shape index (κ2) is 5.88. The average Bonchev–Trinajstić information content (AvgIpc) is 3.07. The van der Waals surface area contributed by atoms with E-state index in [2.05, 4.69) is 32.3 Å². The smallest absolute Gasteiger partial charge is 0.245 e. The van der Waals surface area contributed by atoms with Crippen LogP contribution in [0.2, 0.25) is 0 Å². The predicted molar refractivity (Wildman–Crippen MR) is 73.1 cm³/mol. The highest BCUT2D eigenvalue weighted by Crippen LogP contribution is 2.28. The lowest BCUT2D eigenvalue weighted by molar-refractivity contribution is 0.116. The standard InChI is InChI=1S/C13H23N5O/c1-2-6-19-9-12-15-13(17-16-12)18-5-3-4-10-7-14-8-11(10)18/h10-11,14H,2-9H2,1H3,(H,15,16,17). The quantitative estimate of drug-likeness (QED) is 0.775. The maximum atomic E-state index is 5.49. The van der Waals surface area contributed by atoms with E-state index in [1.807, 2.05) is 0 Å². The van der Waals surface area contributed by atoms with E-state index < -0.39 is 0 Å². The summed E-state index contributed by atoms with van der Waals surface area (Å²) >= 11 is 0. The van der Waals surface area contributed by atoms with Crippen LogP contribution in [0, 0.1) is 5.92 Å². The van der Waals surface area contributed by atoms with Gasteiger partial charge in [-0.05, 0) is 25.2 Å². The lowest BCUT2D eigenvalue weighted by Crippen LogP contribution is -2.45. The zero-order chi connectivity index (χ0) is 13.1. The van der Waals surface area contributed by atoms with Crippen molar-refractivity contribution in [3.8, 4) is 0 Å². The number of hydrogen-bond acceptors (Lipinski definition) is 5. The molecule has 0 amide bonds. The van der Waals surface area contributed by atoms with E-state index in [9.17, 15) is 0 Å². The summed E-state index contributed by atoms with van der Waals surface area (Å²) in [6.07, 6.45) is 3.59. The highest BCUT2D eigenvalue weighted by Gasteiger charge is 2.36. The SMILES string of the molecule is CCCOCc1nc(N2CCCC3CNCC32)n[nH]1. The Morgan fingerprint density at radius 1 is 1.42 bits per heavy atom. The van der Waals surface area contributed by atoms with Crippen molar-refractivity contribution in [1.29, 1.82) is 0 Å². The zero-order valence-electron chi connectivity index (χ0n) is 11.6. The van der Waals surface area contributed by atoms with Gasteiger partial charge in [-0.3, -0.25) is 5.10 Å². The van der Waals surface area contributed by atoms with Crippen LogP contribution in [-0.4, -0.2) is 47.5 Å². The van der Waals surface area contributed by atoms with Crippen LogP contribution in [0.1, 0.15) is 32.0 Å². The van der Waals surface area contributed by atoms with Crippen LogP contribution in [-0.2, 0) is 11.3 Å². The van der Waals surface area contributed by atoms with Crippen LogP contribution in [0.5, 0.6) is 0 Å². The number of piperidine rings is 1. The molecule has 2 unspecified atom stereocenters. The Morgan fingerprint density at radius 2 is 2.37 bits per heavy atom. The van der Waals surface area contributed by atoms with Crippen molar-refractivity contribution < 1.29 is 4.74 Å². The first-order chi connectivity index (χ1) is 9.38. The van der Waals surface area contributed by atoms with Gasteiger partial charge in [-0.1, -0.05) is 6.92 Å². The van der Waals surface area contributed by atoms with Crippen molar-refractivity contribution in [1.82, 2.24) is 20.5 Å². The summed E-state index contributed by atoms with van der Waals surface area (Å²) in [5, 5.41) is 10.8. The molecule has 19 heavy (non-hydrogen) atoms. The third-order valence-electron chi connectivity index (χ3n) is 4.04. The van der Waals surface area contributed by atoms with Crippen LogP contribution in [0.25, 0.3) is 0 Å². The van der Waals surface area contributed by atoms with Crippen molar-refractivity contribution in [2.45, 2.75) is 38.8 Å². The Bertz CT molecular complexity index is 407. The number of aromatic amines is 1. The van der Waals surface area contributed by atoms with Gasteiger partial charge < -0.3 is 15.0 Å². The van der Waals surface area contributed by atoms with E-state index in [0.717, 1.165) is 50.4 Å². The van der Waals surface area contributed by atoms with Crippen LogP contribution in [0.15, 0.2) is 0 Å². The van der Waals surface area contributed by atoms with Crippen molar-refractivity contribution in [3.63, 3.8) is 0 Å². The van der Waals surface area contributed by atoms with Crippen molar-refractivity contribution in [2.24, 2.45) is 5.92 Å². The molecule has 0 aromatic carbocycles. The minimum Gasteiger partial charge on any atom is -0.373 e. The zero-order valence-corrected chi connectivity index (χ0v) is 11.6. The molecule has 2 N–H and O–H groups in total. The molecule has 2 saturated heterocycles. The maximum absolute atomic E-state index is 5.49. The highest BCUT2D eigenvalue weighted by atomic mass is 16.5. The largest absolute Gasteiger partial charge is 0.373 e. The first kappa shape index (κ1) is 12.9. The van der Waals surface area contributed by atoms with E-state index in [4.69, 9.17) is 4.74 Å². The number of nitrogens with one attached hydrogen (secondary N) is 2. The molecule has 3 heterocycles. The number of ether oxygens (including phenoxy) is 1. The number of rotatable bonds is 5. The molecule has 106 valence electrons. The van der Waals surface area contributed by atoms with Gasteiger partial charge in [0.25, 0.3) is 0 Å². The molecule has 0 spiro atoms. The molecule has 0 radical (unpaired) electrons. The highest BCUT2D eigenvalue weighted by molar-refractivity contribution is 5.33. The molecular formula is C13H23N5O. The topological polar surface area (TPSA) is 66.1 Å². The second-order valence-electron chi connectivity index (χ2n) is 5.46. The van der Waals surface area contributed by atoms with Gasteiger partial charge in [-0.2, -0.15) is 4.98 Å². The number of fused-ring (bicyclic) bond motifs is 1. The maximum Gasteiger partial charge on any atom is 0.245 e. The molecule has 1 aromatic heterocycles. The summed E-state index contributed by atoms with van der Waals surface area (Å²) < 4.78 is 5.49. The Labute approximate surface area is 113 Å². The minimum atomic E-state index is 0.529. The third kappa shape index (κ3) is 2.74. The van der Waals surface area contributed by atoms with Crippen molar-refractivity contribution in [3.05, 3.63) is 5.82 Å². The fourth-order valence-corrected chi connectivity index (χ4v) is 3.11. The molecule has 0 bridgehead atoms. The fourth-order valence-electron chi connectivity index (χ4n) is 3.11. The first-order valence-electron chi connectivity index (χ1n) is 7.35. The normalized spacial score (nSPS) is 26.7. The van der Waals surface area contributed by atoms with Gasteiger partial charge in [0.15, 0.2) is 5.82 Å². The van der Waals surface area contributed by atoms with Crippen molar-refractivity contribution >= 4 is 5.95 Å². The lowest BCUT2D eigenvalue weighted by Gasteiger charge is -2.36. The van der Waals surface area contributed by atoms with Crippen LogP contribution in [0.4, 0.5) is 5.95 Å². The third-order valence-corrected chi connectivity index (χ3v) is 4.04. The molecule has 6 nitrogen and oxygen atoms in total. The number of aromatic nitrogens is 3. The van der Waals surface area contributed by atoms with Gasteiger partial charge in [-0.25, -0.2) is 0 Å². The Hall–Kier alpha value is -1.14. The van der Waals surface area contributed by atoms with Gasteiger partial charge in [0.2, 0.25) is 5.95 Å². The number of nitrogens with zero attached hydrogens (tertiary/aromatic N) is 3. The van der Waals surface area contributed by atoms with Gasteiger partial charge >= 0.3 is 0 Å². The summed E-state index contributed by atoms with van der Waals surface area (Å²) in [4.78, 5) is 6.93. The molecule has 3 rings (SSSR count). The Balaban J connectivity index is 1.64. The van der Waals surface area contributed by atoms with E-state index in [1.165, 1.54) is 12.8 Å². The van der Waals surface area contributed by atoms with E-state index in [0.29, 0.717) is 12.6 Å². The Kier molecular flexibility index (Phi) is 3.98. The van der Waals surface area contributed by atoms with Gasteiger partial charge in [0, 0.05) is 32.3 Å². The summed E-state index contributed by atoms with van der Waals surface area (Å²) in [5.41, 5.74) is 0. The fraction of sp³-hybridized carbons (Fsp3) is 0.846. The van der Waals surface area contributed by atoms with Crippen molar-refractivity contribution in [2.75, 3.05) is 31.1 Å². The first-order valence-corrected chi connectivity index (χ1v) is 7.35. The molecule has 0 saturated carbocycles. The van der Waals surface area contributed by atoms with E-state index in [-0.39, 0.29) is 0 Å². The Morgan fingerprint density at radius 3 is 3.26 bits per heavy atom. The average molecular weight is 265 g/mol. The summed E-state index contributed by atoms with van der Waals surface area (Å²) in [6, 6.07) is 0.564.